The average molecular weight is 254 g/mol. The van der Waals surface area contributed by atoms with Crippen LogP contribution >= 0.6 is 11.3 Å². The number of hydrogen-bond acceptors (Lipinski definition) is 5. The van der Waals surface area contributed by atoms with Gasteiger partial charge in [0, 0.05) is 19.1 Å². The van der Waals surface area contributed by atoms with Gasteiger partial charge in [0.05, 0.1) is 0 Å². The van der Waals surface area contributed by atoms with E-state index in [0.717, 1.165) is 19.3 Å². The van der Waals surface area contributed by atoms with Gasteiger partial charge in [0.25, 0.3) is 5.91 Å². The molecule has 1 aliphatic rings. The van der Waals surface area contributed by atoms with E-state index in [-0.39, 0.29) is 5.91 Å². The van der Waals surface area contributed by atoms with Crippen LogP contribution < -0.4 is 5.32 Å². The first-order chi connectivity index (χ1) is 8.17. The Balaban J connectivity index is 2.18. The second-order valence-electron chi connectivity index (χ2n) is 4.36. The summed E-state index contributed by atoms with van der Waals surface area (Å²) in [7, 11) is 1.78. The summed E-state index contributed by atoms with van der Waals surface area (Å²) in [6, 6.07) is 0.675. The van der Waals surface area contributed by atoms with Crippen LogP contribution in [0, 0.1) is 0 Å². The molecule has 1 aromatic heterocycles. The molecule has 1 amide bonds. The van der Waals surface area contributed by atoms with E-state index in [9.17, 15) is 4.79 Å². The maximum absolute atomic E-state index is 12.4. The first-order valence-electron chi connectivity index (χ1n) is 6.01. The van der Waals surface area contributed by atoms with Gasteiger partial charge in [-0.05, 0) is 26.2 Å². The zero-order valence-electron chi connectivity index (χ0n) is 10.4. The molecular formula is C11H18N4OS. The van der Waals surface area contributed by atoms with Gasteiger partial charge < -0.3 is 10.2 Å². The molecule has 17 heavy (non-hydrogen) atoms. The second-order valence-corrected chi connectivity index (χ2v) is 5.34. The highest BCUT2D eigenvalue weighted by atomic mass is 32.1. The van der Waals surface area contributed by atoms with E-state index in [1.165, 1.54) is 11.3 Å². The summed E-state index contributed by atoms with van der Waals surface area (Å²) < 4.78 is 0. The molecule has 0 radical (unpaired) electrons. The summed E-state index contributed by atoms with van der Waals surface area (Å²) in [5, 5.41) is 11.9. The summed E-state index contributed by atoms with van der Waals surface area (Å²) in [6.45, 7) is 4.23. The Hall–Kier alpha value is -1.17. The number of rotatable bonds is 3. The molecule has 1 N–H and O–H groups in total. The van der Waals surface area contributed by atoms with E-state index in [4.69, 9.17) is 0 Å². The molecule has 0 aromatic carbocycles. The molecule has 2 rings (SSSR count). The lowest BCUT2D eigenvalue weighted by atomic mass is 10.1. The number of amides is 1. The number of carbonyl (C=O) groups excluding carboxylic acids is 1. The Kier molecular flexibility index (Phi) is 3.61. The first-order valence-corrected chi connectivity index (χ1v) is 6.83. The fourth-order valence-electron chi connectivity index (χ4n) is 2.36. The van der Waals surface area contributed by atoms with Crippen molar-refractivity contribution in [1.29, 1.82) is 0 Å². The molecule has 0 spiro atoms. The first kappa shape index (κ1) is 12.3. The Morgan fingerprint density at radius 3 is 2.88 bits per heavy atom. The van der Waals surface area contributed by atoms with Crippen molar-refractivity contribution in [3.05, 3.63) is 5.01 Å². The summed E-state index contributed by atoms with van der Waals surface area (Å²) in [4.78, 5) is 14.3. The van der Waals surface area contributed by atoms with Crippen LogP contribution in [0.1, 0.15) is 42.9 Å². The summed E-state index contributed by atoms with van der Waals surface area (Å²) in [5.41, 5.74) is 0. The molecule has 2 unspecified atom stereocenters. The maximum atomic E-state index is 12.4. The van der Waals surface area contributed by atoms with Gasteiger partial charge in [-0.1, -0.05) is 18.3 Å². The van der Waals surface area contributed by atoms with Gasteiger partial charge in [-0.25, -0.2) is 0 Å². The zero-order chi connectivity index (χ0) is 12.4. The van der Waals surface area contributed by atoms with Gasteiger partial charge in [-0.3, -0.25) is 4.79 Å². The lowest BCUT2D eigenvalue weighted by Gasteiger charge is -2.26. The lowest BCUT2D eigenvalue weighted by molar-refractivity contribution is 0.0675. The summed E-state index contributed by atoms with van der Waals surface area (Å²) >= 11 is 1.32. The van der Waals surface area contributed by atoms with Crippen LogP contribution in [-0.4, -0.2) is 40.1 Å². The highest BCUT2D eigenvalue weighted by Crippen LogP contribution is 2.29. The van der Waals surface area contributed by atoms with Crippen LogP contribution in [0.15, 0.2) is 0 Å². The summed E-state index contributed by atoms with van der Waals surface area (Å²) in [5.74, 6) is 0.0286. The topological polar surface area (TPSA) is 58.1 Å². The van der Waals surface area contributed by atoms with E-state index in [1.54, 1.807) is 7.05 Å². The van der Waals surface area contributed by atoms with Gasteiger partial charge in [0.2, 0.25) is 10.1 Å². The Bertz CT molecular complexity index is 406. The minimum atomic E-state index is 0.0286. The zero-order valence-corrected chi connectivity index (χ0v) is 11.3. The van der Waals surface area contributed by atoms with Gasteiger partial charge >= 0.3 is 0 Å². The number of likely N-dealkylation sites (tertiary alicyclic amines) is 1. The van der Waals surface area contributed by atoms with E-state index in [2.05, 4.69) is 29.4 Å². The van der Waals surface area contributed by atoms with Gasteiger partial charge in [-0.15, -0.1) is 10.2 Å². The molecule has 0 aliphatic carbocycles. The molecule has 6 heteroatoms. The van der Waals surface area contributed by atoms with Crippen molar-refractivity contribution in [1.82, 2.24) is 15.1 Å². The number of anilines is 1. The molecule has 2 atom stereocenters. The maximum Gasteiger partial charge on any atom is 0.285 e. The van der Waals surface area contributed by atoms with Crippen LogP contribution in [0.4, 0.5) is 5.13 Å². The SMILES string of the molecule is CCC1CCC(C)N1C(=O)c1nnc(NC)s1. The largest absolute Gasteiger partial charge is 0.363 e. The van der Waals surface area contributed by atoms with Crippen molar-refractivity contribution in [3.63, 3.8) is 0 Å². The molecule has 0 saturated carbocycles. The number of nitrogens with zero attached hydrogens (tertiary/aromatic N) is 3. The molecule has 0 bridgehead atoms. The van der Waals surface area contributed by atoms with E-state index in [1.807, 2.05) is 4.90 Å². The van der Waals surface area contributed by atoms with Crippen LogP contribution in [0.5, 0.6) is 0 Å². The molecule has 1 saturated heterocycles. The molecule has 2 heterocycles. The third kappa shape index (κ3) is 2.26. The predicted molar refractivity (Wildman–Crippen MR) is 68.4 cm³/mol. The quantitative estimate of drug-likeness (QED) is 0.896. The lowest BCUT2D eigenvalue weighted by Crippen LogP contribution is -2.39. The molecule has 1 fully saturated rings. The Labute approximate surface area is 105 Å². The van der Waals surface area contributed by atoms with Crippen LogP contribution in [0.3, 0.4) is 0 Å². The number of aromatic nitrogens is 2. The molecule has 5 nitrogen and oxygen atoms in total. The van der Waals surface area contributed by atoms with Crippen LogP contribution in [0.25, 0.3) is 0 Å². The van der Waals surface area contributed by atoms with Gasteiger partial charge in [0.15, 0.2) is 0 Å². The van der Waals surface area contributed by atoms with E-state index >= 15 is 0 Å². The van der Waals surface area contributed by atoms with Crippen molar-refractivity contribution >= 4 is 22.4 Å². The highest BCUT2D eigenvalue weighted by Gasteiger charge is 2.35. The minimum Gasteiger partial charge on any atom is -0.363 e. The third-order valence-electron chi connectivity index (χ3n) is 3.31. The van der Waals surface area contributed by atoms with Crippen LogP contribution in [0.2, 0.25) is 0 Å². The minimum absolute atomic E-state index is 0.0286. The smallest absolute Gasteiger partial charge is 0.285 e. The number of nitrogens with one attached hydrogen (secondary N) is 1. The normalized spacial score (nSPS) is 24.1. The van der Waals surface area contributed by atoms with Crippen molar-refractivity contribution in [3.8, 4) is 0 Å². The monoisotopic (exact) mass is 254 g/mol. The number of carbonyl (C=O) groups is 1. The van der Waals surface area contributed by atoms with E-state index < -0.39 is 0 Å². The second kappa shape index (κ2) is 5.00. The fraction of sp³-hybridized carbons (Fsp3) is 0.727. The highest BCUT2D eigenvalue weighted by molar-refractivity contribution is 7.17. The van der Waals surface area contributed by atoms with Gasteiger partial charge in [-0.2, -0.15) is 0 Å². The van der Waals surface area contributed by atoms with E-state index in [0.29, 0.717) is 22.2 Å². The third-order valence-corrected chi connectivity index (χ3v) is 4.24. The molecule has 1 aromatic rings. The molecule has 1 aliphatic heterocycles. The summed E-state index contributed by atoms with van der Waals surface area (Å²) in [6.07, 6.45) is 3.19. The Morgan fingerprint density at radius 2 is 2.29 bits per heavy atom. The Morgan fingerprint density at radius 1 is 1.53 bits per heavy atom. The van der Waals surface area contributed by atoms with Crippen molar-refractivity contribution in [2.45, 2.75) is 45.2 Å². The van der Waals surface area contributed by atoms with Crippen molar-refractivity contribution in [2.24, 2.45) is 0 Å². The predicted octanol–water partition coefficient (Wildman–Crippen LogP) is 1.98. The fourth-order valence-corrected chi connectivity index (χ4v) is 3.00. The van der Waals surface area contributed by atoms with Crippen molar-refractivity contribution < 1.29 is 4.79 Å². The number of hydrogen-bond donors (Lipinski definition) is 1. The average Bonchev–Trinajstić information content (AvgIpc) is 2.94. The van der Waals surface area contributed by atoms with Crippen molar-refractivity contribution in [2.75, 3.05) is 12.4 Å². The van der Waals surface area contributed by atoms with Crippen LogP contribution in [-0.2, 0) is 0 Å². The molecular weight excluding hydrogens is 236 g/mol. The molecule has 94 valence electrons. The standard InChI is InChI=1S/C11H18N4OS/c1-4-8-6-5-7(2)15(8)10(16)9-13-14-11(12-3)17-9/h7-8H,4-6H2,1-3H3,(H,12,14). The van der Waals surface area contributed by atoms with Gasteiger partial charge in [0.1, 0.15) is 0 Å².